The zero-order valence-corrected chi connectivity index (χ0v) is 23.9. The third-order valence-corrected chi connectivity index (χ3v) is 11.9. The zero-order valence-electron chi connectivity index (χ0n) is 23.9. The highest BCUT2D eigenvalue weighted by atomic mass is 16.6. The number of rotatable bonds is 4. The second-order valence-corrected chi connectivity index (χ2v) is 13.4. The third kappa shape index (κ3) is 2.75. The standard InChI is InChI=1S/C29H36O13/c1-13(30)41-22-23(2)12-27(36)25(4,15(23)8-18(32)39-5)26(35)10-17(31)24(3)16(28(26,37)21(34)29(22,27)38)9-19(33)42-20(24)14-6-7-40-11-14/h6-7,9,11,15,17,20-22,31,34-38H,8,10,12H2,1-5H3/t15-,17-,20-,21-,22-,23+,24-,25-,26-,27+,28+,29+/m0/s1. The van der Waals surface area contributed by atoms with Gasteiger partial charge in [-0.15, -0.1) is 0 Å². The Morgan fingerprint density at radius 3 is 2.33 bits per heavy atom. The van der Waals surface area contributed by atoms with Gasteiger partial charge in [-0.05, 0) is 30.9 Å². The topological polar surface area (TPSA) is 213 Å². The molecule has 13 nitrogen and oxygen atoms in total. The summed E-state index contributed by atoms with van der Waals surface area (Å²) in [5.74, 6) is -3.72. The van der Waals surface area contributed by atoms with Crippen LogP contribution in [0.5, 0.6) is 0 Å². The molecule has 0 aromatic carbocycles. The van der Waals surface area contributed by atoms with E-state index in [0.29, 0.717) is 5.56 Å². The highest BCUT2D eigenvalue weighted by Crippen LogP contribution is 2.82. The van der Waals surface area contributed by atoms with E-state index in [9.17, 15) is 45.0 Å². The number of hydrogen-bond acceptors (Lipinski definition) is 13. The Morgan fingerprint density at radius 1 is 1.10 bits per heavy atom. The number of furan rings is 1. The molecule has 0 spiro atoms. The number of methoxy groups -OCH3 is 1. The molecule has 0 saturated heterocycles. The van der Waals surface area contributed by atoms with E-state index in [4.69, 9.17) is 18.6 Å². The van der Waals surface area contributed by atoms with Crippen LogP contribution >= 0.6 is 0 Å². The van der Waals surface area contributed by atoms with Crippen LogP contribution in [-0.2, 0) is 28.6 Å². The Bertz CT molecular complexity index is 1410. The first-order valence-electron chi connectivity index (χ1n) is 13.8. The molecule has 2 heterocycles. The predicted octanol–water partition coefficient (Wildman–Crippen LogP) is -0.585. The lowest BCUT2D eigenvalue weighted by atomic mass is 9.34. The van der Waals surface area contributed by atoms with Gasteiger partial charge in [-0.2, -0.15) is 0 Å². The molecule has 42 heavy (non-hydrogen) atoms. The van der Waals surface area contributed by atoms with Crippen molar-refractivity contribution in [1.29, 1.82) is 0 Å². The average molecular weight is 593 g/mol. The van der Waals surface area contributed by atoms with E-state index in [2.05, 4.69) is 0 Å². The van der Waals surface area contributed by atoms with Gasteiger partial charge in [0.15, 0.2) is 5.60 Å². The summed E-state index contributed by atoms with van der Waals surface area (Å²) >= 11 is 0. The second kappa shape index (κ2) is 8.21. The summed E-state index contributed by atoms with van der Waals surface area (Å²) < 4.78 is 21.2. The SMILES string of the molecule is COC(=O)C[C@H]1[C@@]2(C)C[C@]3(O)[C@@](O)([C@@H](O)[C@]4(O)C5=CC(=O)O[C@@H](c6ccoc6)[C@]5(C)[C@@H](O)C[C@]4(O)[C@]13C)[C@H]2OC(C)=O. The first kappa shape index (κ1) is 29.3. The van der Waals surface area contributed by atoms with Crippen LogP contribution < -0.4 is 0 Å². The highest BCUT2D eigenvalue weighted by molar-refractivity contribution is 5.86. The van der Waals surface area contributed by atoms with Crippen LogP contribution in [0.4, 0.5) is 0 Å². The number of hydrogen-bond donors (Lipinski definition) is 6. The number of aliphatic hydroxyl groups is 6. The highest BCUT2D eigenvalue weighted by Gasteiger charge is 2.96. The lowest BCUT2D eigenvalue weighted by Crippen LogP contribution is -2.93. The quantitative estimate of drug-likeness (QED) is 0.191. The lowest BCUT2D eigenvalue weighted by molar-refractivity contribution is -0.418. The minimum atomic E-state index is -2.95. The number of cyclic esters (lactones) is 1. The van der Waals surface area contributed by atoms with Gasteiger partial charge in [0.1, 0.15) is 35.1 Å². The van der Waals surface area contributed by atoms with Gasteiger partial charge < -0.3 is 49.3 Å². The van der Waals surface area contributed by atoms with Crippen molar-refractivity contribution in [2.75, 3.05) is 7.11 Å². The van der Waals surface area contributed by atoms with Gasteiger partial charge in [0.2, 0.25) is 0 Å². The second-order valence-electron chi connectivity index (χ2n) is 13.4. The number of aliphatic hydroxyl groups excluding tert-OH is 2. The van der Waals surface area contributed by atoms with Crippen molar-refractivity contribution in [2.24, 2.45) is 22.2 Å². The van der Waals surface area contributed by atoms with Crippen LogP contribution in [0, 0.1) is 22.2 Å². The van der Waals surface area contributed by atoms with Crippen molar-refractivity contribution >= 4 is 17.9 Å². The fourth-order valence-corrected chi connectivity index (χ4v) is 10.0. The maximum atomic E-state index is 13.0. The third-order valence-electron chi connectivity index (χ3n) is 11.9. The summed E-state index contributed by atoms with van der Waals surface area (Å²) in [6, 6.07) is 1.49. The van der Waals surface area contributed by atoms with E-state index in [1.165, 1.54) is 32.4 Å². The van der Waals surface area contributed by atoms with Gasteiger partial charge in [0.25, 0.3) is 0 Å². The Kier molecular flexibility index (Phi) is 5.72. The molecule has 1 aromatic heterocycles. The number of ether oxygens (including phenoxy) is 3. The average Bonchev–Trinajstić information content (AvgIpc) is 3.56. The van der Waals surface area contributed by atoms with Crippen LogP contribution in [0.3, 0.4) is 0 Å². The van der Waals surface area contributed by atoms with Crippen LogP contribution in [0.15, 0.2) is 34.7 Å². The van der Waals surface area contributed by atoms with E-state index < -0.39 is 99.7 Å². The van der Waals surface area contributed by atoms with Gasteiger partial charge in [-0.1, -0.05) is 13.8 Å². The molecule has 12 atom stereocenters. The van der Waals surface area contributed by atoms with Gasteiger partial charge in [-0.3, -0.25) is 9.59 Å². The molecule has 1 aromatic rings. The molecule has 1 aliphatic heterocycles. The Morgan fingerprint density at radius 2 is 1.76 bits per heavy atom. The monoisotopic (exact) mass is 592 g/mol. The fourth-order valence-electron chi connectivity index (χ4n) is 10.0. The predicted molar refractivity (Wildman–Crippen MR) is 137 cm³/mol. The van der Waals surface area contributed by atoms with Crippen molar-refractivity contribution in [3.63, 3.8) is 0 Å². The molecule has 2 bridgehead atoms. The smallest absolute Gasteiger partial charge is 0.331 e. The summed E-state index contributed by atoms with van der Waals surface area (Å²) in [6.07, 6.45) is -4.97. The van der Waals surface area contributed by atoms with Crippen molar-refractivity contribution in [3.05, 3.63) is 35.8 Å². The minimum Gasteiger partial charge on any atom is -0.472 e. The van der Waals surface area contributed by atoms with E-state index in [-0.39, 0.29) is 12.0 Å². The van der Waals surface area contributed by atoms with Gasteiger partial charge in [-0.25, -0.2) is 4.79 Å². The fraction of sp³-hybridized carbons (Fsp3) is 0.690. The molecular formula is C29H36O13. The molecule has 4 aliphatic carbocycles. The van der Waals surface area contributed by atoms with Crippen molar-refractivity contribution in [2.45, 2.75) is 93.8 Å². The maximum Gasteiger partial charge on any atom is 0.331 e. The van der Waals surface area contributed by atoms with Gasteiger partial charge >= 0.3 is 17.9 Å². The van der Waals surface area contributed by atoms with E-state index in [1.54, 1.807) is 6.92 Å². The van der Waals surface area contributed by atoms with Crippen LogP contribution in [0.1, 0.15) is 58.6 Å². The molecule has 4 fully saturated rings. The Balaban J connectivity index is 1.66. The largest absolute Gasteiger partial charge is 0.472 e. The molecular weight excluding hydrogens is 556 g/mol. The molecule has 0 radical (unpaired) electrons. The molecule has 0 unspecified atom stereocenters. The first-order valence-corrected chi connectivity index (χ1v) is 13.8. The molecule has 4 saturated carbocycles. The maximum absolute atomic E-state index is 13.0. The molecule has 13 heteroatoms. The molecule has 5 aliphatic rings. The van der Waals surface area contributed by atoms with Crippen LogP contribution in [-0.4, -0.2) is 96.4 Å². The van der Waals surface area contributed by atoms with Crippen molar-refractivity contribution in [1.82, 2.24) is 0 Å². The number of esters is 3. The Hall–Kier alpha value is -2.81. The van der Waals surface area contributed by atoms with Gasteiger partial charge in [0, 0.05) is 42.2 Å². The molecule has 230 valence electrons. The van der Waals surface area contributed by atoms with Crippen molar-refractivity contribution in [3.8, 4) is 0 Å². The summed E-state index contributed by atoms with van der Waals surface area (Å²) in [7, 11) is 1.15. The van der Waals surface area contributed by atoms with Crippen LogP contribution in [0.25, 0.3) is 0 Å². The summed E-state index contributed by atoms with van der Waals surface area (Å²) in [6.45, 7) is 5.46. The van der Waals surface area contributed by atoms with E-state index >= 15 is 0 Å². The first-order chi connectivity index (χ1) is 19.4. The molecule has 6 N–H and O–H groups in total. The van der Waals surface area contributed by atoms with Crippen LogP contribution in [0.2, 0.25) is 0 Å². The van der Waals surface area contributed by atoms with E-state index in [0.717, 1.165) is 20.1 Å². The summed E-state index contributed by atoms with van der Waals surface area (Å²) in [5.41, 5.74) is -16.1. The number of carbonyl (C=O) groups is 3. The van der Waals surface area contributed by atoms with E-state index in [1.807, 2.05) is 0 Å². The normalized spacial score (nSPS) is 52.1. The minimum absolute atomic E-state index is 0.315. The number of carbonyl (C=O) groups excluding carboxylic acids is 3. The Labute approximate surface area is 240 Å². The lowest BCUT2D eigenvalue weighted by Gasteiger charge is -2.75. The summed E-state index contributed by atoms with van der Waals surface area (Å²) in [4.78, 5) is 38.1. The molecule has 0 amide bonds. The molecule has 6 rings (SSSR count). The van der Waals surface area contributed by atoms with Crippen molar-refractivity contribution < 1.29 is 63.7 Å². The van der Waals surface area contributed by atoms with Gasteiger partial charge in [0.05, 0.1) is 31.2 Å². The summed E-state index contributed by atoms with van der Waals surface area (Å²) in [5, 5.41) is 74.6. The number of fused-ring (bicyclic) bond motifs is 5. The zero-order chi connectivity index (χ0) is 31.1.